The number of hydrogen-bond acceptors (Lipinski definition) is 3. The first kappa shape index (κ1) is 15.2. The Labute approximate surface area is 125 Å². The Morgan fingerprint density at radius 3 is 1.90 bits per heavy atom. The van der Waals surface area contributed by atoms with E-state index in [1.807, 2.05) is 41.3 Å². The highest BCUT2D eigenvalue weighted by Gasteiger charge is 2.16. The number of hydrogen-bond donors (Lipinski definition) is 0. The minimum atomic E-state index is 0.140. The van der Waals surface area contributed by atoms with Gasteiger partial charge in [0.2, 0.25) is 5.91 Å². The van der Waals surface area contributed by atoms with Crippen LogP contribution >= 0.6 is 0 Å². The van der Waals surface area contributed by atoms with Gasteiger partial charge in [-0.05, 0) is 30.2 Å². The molecule has 0 aliphatic carbocycles. The molecular weight excluding hydrogens is 262 g/mol. The first-order chi connectivity index (χ1) is 10.1. The van der Waals surface area contributed by atoms with Gasteiger partial charge in [-0.3, -0.25) is 14.8 Å². The third kappa shape index (κ3) is 4.99. The number of carbonyl (C=O) groups is 1. The van der Waals surface area contributed by atoms with Gasteiger partial charge in [-0.1, -0.05) is 26.0 Å². The summed E-state index contributed by atoms with van der Waals surface area (Å²) in [6.07, 6.45) is 4.04. The molecule has 110 valence electrons. The number of rotatable bonds is 6. The minimum absolute atomic E-state index is 0.140. The van der Waals surface area contributed by atoms with Gasteiger partial charge in [-0.15, -0.1) is 0 Å². The lowest BCUT2D eigenvalue weighted by Crippen LogP contribution is -2.31. The Balaban J connectivity index is 2.12. The molecule has 0 saturated carbocycles. The van der Waals surface area contributed by atoms with Gasteiger partial charge in [0.1, 0.15) is 0 Å². The van der Waals surface area contributed by atoms with Crippen LogP contribution in [0, 0.1) is 5.92 Å². The van der Waals surface area contributed by atoms with Crippen LogP contribution in [0.5, 0.6) is 0 Å². The summed E-state index contributed by atoms with van der Waals surface area (Å²) in [4.78, 5) is 22.9. The molecular formula is C17H21N3O. The zero-order valence-electron chi connectivity index (χ0n) is 12.6. The Morgan fingerprint density at radius 1 is 1.00 bits per heavy atom. The highest BCUT2D eigenvalue weighted by Crippen LogP contribution is 2.11. The summed E-state index contributed by atoms with van der Waals surface area (Å²) < 4.78 is 0. The zero-order valence-corrected chi connectivity index (χ0v) is 12.6. The standard InChI is InChI=1S/C17H21N3O/c1-14(2)11-17(21)20(12-15-7-3-5-9-18-15)13-16-8-4-6-10-19-16/h3-10,14H,11-13H2,1-2H3. The molecule has 0 atom stereocenters. The van der Waals surface area contributed by atoms with Crippen molar-refractivity contribution in [2.75, 3.05) is 0 Å². The maximum Gasteiger partial charge on any atom is 0.223 e. The van der Waals surface area contributed by atoms with Crippen LogP contribution in [-0.4, -0.2) is 20.8 Å². The van der Waals surface area contributed by atoms with Gasteiger partial charge in [-0.25, -0.2) is 0 Å². The van der Waals surface area contributed by atoms with Gasteiger partial charge in [0.25, 0.3) is 0 Å². The molecule has 0 aliphatic heterocycles. The average Bonchev–Trinajstić information content (AvgIpc) is 2.48. The zero-order chi connectivity index (χ0) is 15.1. The fourth-order valence-corrected chi connectivity index (χ4v) is 2.09. The molecule has 2 aromatic heterocycles. The van der Waals surface area contributed by atoms with E-state index in [4.69, 9.17) is 0 Å². The molecule has 0 radical (unpaired) electrons. The van der Waals surface area contributed by atoms with Crippen LogP contribution in [0.15, 0.2) is 48.8 Å². The van der Waals surface area contributed by atoms with Crippen LogP contribution < -0.4 is 0 Å². The first-order valence-corrected chi connectivity index (χ1v) is 7.22. The molecule has 0 N–H and O–H groups in total. The summed E-state index contributed by atoms with van der Waals surface area (Å²) in [5.41, 5.74) is 1.79. The normalized spacial score (nSPS) is 10.6. The molecule has 2 aromatic rings. The van der Waals surface area contributed by atoms with Gasteiger partial charge < -0.3 is 4.90 Å². The van der Waals surface area contributed by atoms with Crippen molar-refractivity contribution in [2.45, 2.75) is 33.4 Å². The van der Waals surface area contributed by atoms with E-state index in [1.165, 1.54) is 0 Å². The molecule has 2 rings (SSSR count). The number of amides is 1. The predicted molar refractivity (Wildman–Crippen MR) is 82.2 cm³/mol. The highest BCUT2D eigenvalue weighted by atomic mass is 16.2. The predicted octanol–water partition coefficient (Wildman–Crippen LogP) is 3.05. The molecule has 0 unspecified atom stereocenters. The van der Waals surface area contributed by atoms with Gasteiger partial charge in [0.15, 0.2) is 0 Å². The molecule has 0 fully saturated rings. The Hall–Kier alpha value is -2.23. The Bertz CT molecular complexity index is 513. The first-order valence-electron chi connectivity index (χ1n) is 7.22. The summed E-state index contributed by atoms with van der Waals surface area (Å²) in [6, 6.07) is 11.5. The smallest absolute Gasteiger partial charge is 0.223 e. The summed E-state index contributed by atoms with van der Waals surface area (Å²) in [6.45, 7) is 5.14. The lowest BCUT2D eigenvalue weighted by Gasteiger charge is -2.23. The summed E-state index contributed by atoms with van der Waals surface area (Å²) in [5, 5.41) is 0. The van der Waals surface area contributed by atoms with Crippen LogP contribution in [0.25, 0.3) is 0 Å². The summed E-state index contributed by atoms with van der Waals surface area (Å²) >= 11 is 0. The van der Waals surface area contributed by atoms with Crippen LogP contribution in [0.1, 0.15) is 31.7 Å². The van der Waals surface area contributed by atoms with E-state index < -0.39 is 0 Å². The molecule has 0 saturated heterocycles. The second-order valence-electron chi connectivity index (χ2n) is 5.49. The fraction of sp³-hybridized carbons (Fsp3) is 0.353. The topological polar surface area (TPSA) is 46.1 Å². The third-order valence-electron chi connectivity index (χ3n) is 3.09. The number of pyridine rings is 2. The van der Waals surface area contributed by atoms with E-state index in [1.54, 1.807) is 12.4 Å². The molecule has 4 heteroatoms. The van der Waals surface area contributed by atoms with Gasteiger partial charge >= 0.3 is 0 Å². The maximum atomic E-state index is 12.4. The van der Waals surface area contributed by atoms with Crippen molar-refractivity contribution in [3.05, 3.63) is 60.2 Å². The second kappa shape index (κ2) is 7.53. The van der Waals surface area contributed by atoms with Crippen molar-refractivity contribution < 1.29 is 4.79 Å². The number of carbonyl (C=O) groups excluding carboxylic acids is 1. The van der Waals surface area contributed by atoms with Crippen LogP contribution in [0.4, 0.5) is 0 Å². The molecule has 0 bridgehead atoms. The molecule has 21 heavy (non-hydrogen) atoms. The molecule has 0 aromatic carbocycles. The van der Waals surface area contributed by atoms with Crippen molar-refractivity contribution in [1.82, 2.24) is 14.9 Å². The van der Waals surface area contributed by atoms with Crippen LogP contribution in [0.3, 0.4) is 0 Å². The summed E-state index contributed by atoms with van der Waals surface area (Å²) in [7, 11) is 0. The van der Waals surface area contributed by atoms with E-state index in [0.717, 1.165) is 11.4 Å². The van der Waals surface area contributed by atoms with E-state index >= 15 is 0 Å². The van der Waals surface area contributed by atoms with Crippen LogP contribution in [0.2, 0.25) is 0 Å². The largest absolute Gasteiger partial charge is 0.331 e. The quantitative estimate of drug-likeness (QED) is 0.818. The van der Waals surface area contributed by atoms with E-state index in [-0.39, 0.29) is 5.91 Å². The fourth-order valence-electron chi connectivity index (χ4n) is 2.09. The third-order valence-corrected chi connectivity index (χ3v) is 3.09. The van der Waals surface area contributed by atoms with E-state index in [0.29, 0.717) is 25.4 Å². The van der Waals surface area contributed by atoms with E-state index in [9.17, 15) is 4.79 Å². The minimum Gasteiger partial charge on any atom is -0.331 e. The van der Waals surface area contributed by atoms with Crippen molar-refractivity contribution in [2.24, 2.45) is 5.92 Å². The monoisotopic (exact) mass is 283 g/mol. The van der Waals surface area contributed by atoms with Crippen molar-refractivity contribution in [1.29, 1.82) is 0 Å². The number of nitrogens with zero attached hydrogens (tertiary/aromatic N) is 3. The second-order valence-corrected chi connectivity index (χ2v) is 5.49. The SMILES string of the molecule is CC(C)CC(=O)N(Cc1ccccn1)Cc1ccccn1. The highest BCUT2D eigenvalue weighted by molar-refractivity contribution is 5.76. The molecule has 2 heterocycles. The van der Waals surface area contributed by atoms with Crippen molar-refractivity contribution in [3.63, 3.8) is 0 Å². The lowest BCUT2D eigenvalue weighted by atomic mass is 10.1. The Morgan fingerprint density at radius 2 is 1.52 bits per heavy atom. The van der Waals surface area contributed by atoms with E-state index in [2.05, 4.69) is 23.8 Å². The average molecular weight is 283 g/mol. The number of aromatic nitrogens is 2. The molecule has 1 amide bonds. The van der Waals surface area contributed by atoms with Crippen LogP contribution in [-0.2, 0) is 17.9 Å². The van der Waals surface area contributed by atoms with Gasteiger partial charge in [-0.2, -0.15) is 0 Å². The lowest BCUT2D eigenvalue weighted by molar-refractivity contribution is -0.133. The Kier molecular flexibility index (Phi) is 5.43. The molecule has 0 aliphatic rings. The van der Waals surface area contributed by atoms with Crippen molar-refractivity contribution >= 4 is 5.91 Å². The summed E-state index contributed by atoms with van der Waals surface area (Å²) in [5.74, 6) is 0.480. The van der Waals surface area contributed by atoms with Gasteiger partial charge in [0, 0.05) is 18.8 Å². The molecule has 4 nitrogen and oxygen atoms in total. The molecule has 0 spiro atoms. The van der Waals surface area contributed by atoms with Gasteiger partial charge in [0.05, 0.1) is 24.5 Å². The van der Waals surface area contributed by atoms with Crippen molar-refractivity contribution in [3.8, 4) is 0 Å². The maximum absolute atomic E-state index is 12.4.